The zero-order valence-electron chi connectivity index (χ0n) is 11.6. The Morgan fingerprint density at radius 1 is 1.18 bits per heavy atom. The number of nitrogens with one attached hydrogen (secondary N) is 1. The third kappa shape index (κ3) is 4.21. The van der Waals surface area contributed by atoms with Gasteiger partial charge >= 0.3 is 0 Å². The summed E-state index contributed by atoms with van der Waals surface area (Å²) in [7, 11) is 3.51. The van der Waals surface area contributed by atoms with E-state index < -0.39 is 0 Å². The zero-order chi connectivity index (χ0) is 12.7. The summed E-state index contributed by atoms with van der Waals surface area (Å²) in [4.78, 5) is 0. The summed E-state index contributed by atoms with van der Waals surface area (Å²) in [6, 6.07) is 0.551. The van der Waals surface area contributed by atoms with Crippen molar-refractivity contribution in [3.8, 4) is 0 Å². The summed E-state index contributed by atoms with van der Waals surface area (Å²) in [5.41, 5.74) is 0.241. The first-order chi connectivity index (χ1) is 8.12. The molecule has 2 atom stereocenters. The molecule has 1 N–H and O–H groups in total. The Morgan fingerprint density at radius 3 is 2.53 bits per heavy atom. The lowest BCUT2D eigenvalue weighted by Crippen LogP contribution is -2.61. The van der Waals surface area contributed by atoms with E-state index in [-0.39, 0.29) is 5.41 Å². The molecule has 0 aromatic carbocycles. The predicted molar refractivity (Wildman–Crippen MR) is 68.3 cm³/mol. The average Bonchev–Trinajstić information content (AvgIpc) is 2.31. The maximum Gasteiger partial charge on any atom is 0.0652 e. The van der Waals surface area contributed by atoms with Crippen molar-refractivity contribution in [2.45, 2.75) is 38.8 Å². The molecule has 0 saturated heterocycles. The molecule has 1 saturated carbocycles. The van der Waals surface area contributed by atoms with Gasteiger partial charge in [-0.2, -0.15) is 0 Å². The van der Waals surface area contributed by atoms with E-state index in [0.29, 0.717) is 12.1 Å². The molecule has 4 heteroatoms. The SMILES string of the molecule is COCCCOCCNC1CC(OC)C1(C)C. The molecule has 0 spiro atoms. The maximum atomic E-state index is 5.50. The summed E-state index contributed by atoms with van der Waals surface area (Å²) in [6.07, 6.45) is 2.47. The minimum Gasteiger partial charge on any atom is -0.385 e. The highest BCUT2D eigenvalue weighted by molar-refractivity contribution is 5.02. The molecule has 0 bridgehead atoms. The van der Waals surface area contributed by atoms with E-state index in [1.54, 1.807) is 14.2 Å². The van der Waals surface area contributed by atoms with Crippen molar-refractivity contribution in [1.82, 2.24) is 5.32 Å². The zero-order valence-corrected chi connectivity index (χ0v) is 11.6. The second kappa shape index (κ2) is 7.31. The van der Waals surface area contributed by atoms with Gasteiger partial charge in [0.1, 0.15) is 0 Å². The summed E-state index contributed by atoms with van der Waals surface area (Å²) in [5, 5.41) is 3.53. The molecule has 1 fully saturated rings. The summed E-state index contributed by atoms with van der Waals surface area (Å²) in [6.45, 7) is 7.75. The molecule has 2 unspecified atom stereocenters. The Morgan fingerprint density at radius 2 is 1.94 bits per heavy atom. The molecule has 4 nitrogen and oxygen atoms in total. The standard InChI is InChI=1S/C13H27NO3/c1-13(2)11(10-12(13)16-4)14-6-9-17-8-5-7-15-3/h11-12,14H,5-10H2,1-4H3. The highest BCUT2D eigenvalue weighted by atomic mass is 16.5. The molecule has 17 heavy (non-hydrogen) atoms. The van der Waals surface area contributed by atoms with E-state index in [2.05, 4.69) is 19.2 Å². The van der Waals surface area contributed by atoms with Crippen molar-refractivity contribution < 1.29 is 14.2 Å². The van der Waals surface area contributed by atoms with Crippen molar-refractivity contribution in [3.63, 3.8) is 0 Å². The van der Waals surface area contributed by atoms with Crippen molar-refractivity contribution in [2.75, 3.05) is 40.6 Å². The van der Waals surface area contributed by atoms with E-state index in [1.165, 1.54) is 0 Å². The fourth-order valence-electron chi connectivity index (χ4n) is 2.34. The minimum atomic E-state index is 0.241. The molecular formula is C13H27NO3. The lowest BCUT2D eigenvalue weighted by molar-refractivity contribution is -0.0983. The Bertz CT molecular complexity index is 209. The van der Waals surface area contributed by atoms with Crippen molar-refractivity contribution >= 4 is 0 Å². The monoisotopic (exact) mass is 245 g/mol. The van der Waals surface area contributed by atoms with Gasteiger partial charge in [-0.25, -0.2) is 0 Å². The quantitative estimate of drug-likeness (QED) is 0.624. The summed E-state index contributed by atoms with van der Waals surface area (Å²) < 4.78 is 15.9. The van der Waals surface area contributed by atoms with Gasteiger partial charge in [0.25, 0.3) is 0 Å². The molecule has 0 amide bonds. The molecule has 0 aromatic rings. The second-order valence-electron chi connectivity index (χ2n) is 5.25. The third-order valence-corrected chi connectivity index (χ3v) is 3.74. The van der Waals surface area contributed by atoms with Crippen molar-refractivity contribution in [3.05, 3.63) is 0 Å². The fourth-order valence-corrected chi connectivity index (χ4v) is 2.34. The molecule has 0 aliphatic heterocycles. The molecular weight excluding hydrogens is 218 g/mol. The largest absolute Gasteiger partial charge is 0.385 e. The number of hydrogen-bond acceptors (Lipinski definition) is 4. The van der Waals surface area contributed by atoms with Crippen molar-refractivity contribution in [1.29, 1.82) is 0 Å². The number of methoxy groups -OCH3 is 2. The van der Waals surface area contributed by atoms with Gasteiger partial charge in [-0.1, -0.05) is 13.8 Å². The third-order valence-electron chi connectivity index (χ3n) is 3.74. The summed E-state index contributed by atoms with van der Waals surface area (Å²) in [5.74, 6) is 0. The Kier molecular flexibility index (Phi) is 6.41. The van der Waals surface area contributed by atoms with Crippen LogP contribution in [0.15, 0.2) is 0 Å². The molecule has 0 radical (unpaired) electrons. The number of hydrogen-bond donors (Lipinski definition) is 1. The molecule has 1 aliphatic carbocycles. The van der Waals surface area contributed by atoms with Gasteiger partial charge in [0, 0.05) is 45.4 Å². The topological polar surface area (TPSA) is 39.7 Å². The molecule has 102 valence electrons. The minimum absolute atomic E-state index is 0.241. The first-order valence-electron chi connectivity index (χ1n) is 6.45. The molecule has 0 aromatic heterocycles. The van der Waals surface area contributed by atoms with Gasteiger partial charge in [-0.3, -0.25) is 0 Å². The van der Waals surface area contributed by atoms with Crippen LogP contribution in [0.3, 0.4) is 0 Å². The van der Waals surface area contributed by atoms with Gasteiger partial charge in [-0.15, -0.1) is 0 Å². The van der Waals surface area contributed by atoms with E-state index in [0.717, 1.165) is 39.2 Å². The highest BCUT2D eigenvalue weighted by Gasteiger charge is 2.47. The van der Waals surface area contributed by atoms with Crippen LogP contribution in [-0.2, 0) is 14.2 Å². The summed E-state index contributed by atoms with van der Waals surface area (Å²) >= 11 is 0. The smallest absolute Gasteiger partial charge is 0.0652 e. The van der Waals surface area contributed by atoms with E-state index in [1.807, 2.05) is 0 Å². The second-order valence-corrected chi connectivity index (χ2v) is 5.25. The van der Waals surface area contributed by atoms with Crippen LogP contribution in [0.1, 0.15) is 26.7 Å². The van der Waals surface area contributed by atoms with E-state index in [4.69, 9.17) is 14.2 Å². The van der Waals surface area contributed by atoms with E-state index >= 15 is 0 Å². The average molecular weight is 245 g/mol. The normalized spacial score (nSPS) is 26.8. The molecule has 1 aliphatic rings. The van der Waals surface area contributed by atoms with Crippen LogP contribution in [0.5, 0.6) is 0 Å². The first kappa shape index (κ1) is 14.9. The van der Waals surface area contributed by atoms with Crippen LogP contribution in [0.2, 0.25) is 0 Å². The maximum absolute atomic E-state index is 5.50. The van der Waals surface area contributed by atoms with E-state index in [9.17, 15) is 0 Å². The van der Waals surface area contributed by atoms with Crippen LogP contribution in [0.25, 0.3) is 0 Å². The molecule has 0 heterocycles. The molecule has 1 rings (SSSR count). The lowest BCUT2D eigenvalue weighted by atomic mass is 9.64. The van der Waals surface area contributed by atoms with Crippen LogP contribution >= 0.6 is 0 Å². The lowest BCUT2D eigenvalue weighted by Gasteiger charge is -2.51. The van der Waals surface area contributed by atoms with Gasteiger partial charge < -0.3 is 19.5 Å². The van der Waals surface area contributed by atoms with Crippen molar-refractivity contribution in [2.24, 2.45) is 5.41 Å². The number of rotatable bonds is 9. The van der Waals surface area contributed by atoms with Gasteiger partial charge in [0.15, 0.2) is 0 Å². The highest BCUT2D eigenvalue weighted by Crippen LogP contribution is 2.42. The van der Waals surface area contributed by atoms with Gasteiger partial charge in [0.2, 0.25) is 0 Å². The van der Waals surface area contributed by atoms with Crippen LogP contribution in [0.4, 0.5) is 0 Å². The first-order valence-corrected chi connectivity index (χ1v) is 6.45. The Hall–Kier alpha value is -0.160. The Labute approximate surface area is 105 Å². The van der Waals surface area contributed by atoms with Crippen LogP contribution in [0, 0.1) is 5.41 Å². The van der Waals surface area contributed by atoms with Crippen LogP contribution < -0.4 is 5.32 Å². The van der Waals surface area contributed by atoms with Gasteiger partial charge in [-0.05, 0) is 12.8 Å². The Balaban J connectivity index is 1.97. The predicted octanol–water partition coefficient (Wildman–Crippen LogP) is 1.44. The van der Waals surface area contributed by atoms with Crippen LogP contribution in [-0.4, -0.2) is 52.7 Å². The number of ether oxygens (including phenoxy) is 3. The fraction of sp³-hybridized carbons (Fsp3) is 1.00. The van der Waals surface area contributed by atoms with Gasteiger partial charge in [0.05, 0.1) is 12.7 Å².